The summed E-state index contributed by atoms with van der Waals surface area (Å²) in [7, 11) is 4.03. The van der Waals surface area contributed by atoms with E-state index in [0.717, 1.165) is 40.6 Å². The lowest BCUT2D eigenvalue weighted by atomic mass is 9.86. The number of rotatable bonds is 5. The Morgan fingerprint density at radius 3 is 2.76 bits per heavy atom. The van der Waals surface area contributed by atoms with Crippen molar-refractivity contribution in [1.29, 1.82) is 5.41 Å². The second-order valence-corrected chi connectivity index (χ2v) is 8.99. The number of carbonyl (C=O) groups is 1. The van der Waals surface area contributed by atoms with E-state index in [4.69, 9.17) is 15.1 Å². The molecule has 1 atom stereocenters. The molecular formula is C25H26N4O4. The molecule has 170 valence electrons. The van der Waals surface area contributed by atoms with Crippen LogP contribution in [0, 0.1) is 5.41 Å². The summed E-state index contributed by atoms with van der Waals surface area (Å²) in [5.74, 6) is -0.725. The first kappa shape index (κ1) is 21.5. The summed E-state index contributed by atoms with van der Waals surface area (Å²) in [6, 6.07) is 7.46. The first-order chi connectivity index (χ1) is 15.8. The number of hydrogen-bond acceptors (Lipinski definition) is 7. The Morgan fingerprint density at radius 2 is 2.06 bits per heavy atom. The van der Waals surface area contributed by atoms with E-state index in [1.165, 1.54) is 6.21 Å². The Kier molecular flexibility index (Phi) is 4.95. The number of nitrogens with one attached hydrogen (secondary N) is 1. The standard InChI is InChI=1S/C25H26N4O4/c1-4-25(32)19-10-21-22-17(12-29(21)23(30)18(19)13-33-24(25)31)15(7-8-28(2)3)16-9-14(11-26)5-6-20(16)27-22/h5-6,9-11,26,32H,4,7-8,12-13H2,1-3H3. The number of carbonyl (C=O) groups excluding carboxylic acids is 1. The molecular weight excluding hydrogens is 420 g/mol. The monoisotopic (exact) mass is 446 g/mol. The maximum atomic E-state index is 13.5. The van der Waals surface area contributed by atoms with Gasteiger partial charge in [0.25, 0.3) is 5.56 Å². The van der Waals surface area contributed by atoms with Gasteiger partial charge in [-0.1, -0.05) is 13.0 Å². The average molecular weight is 447 g/mol. The minimum atomic E-state index is -1.84. The Balaban J connectivity index is 1.79. The predicted molar refractivity (Wildman–Crippen MR) is 125 cm³/mol. The van der Waals surface area contributed by atoms with Gasteiger partial charge in [0.05, 0.1) is 29.0 Å². The molecule has 33 heavy (non-hydrogen) atoms. The minimum absolute atomic E-state index is 0.111. The van der Waals surface area contributed by atoms with Crippen LogP contribution in [0.3, 0.4) is 0 Å². The van der Waals surface area contributed by atoms with Gasteiger partial charge in [-0.15, -0.1) is 0 Å². The van der Waals surface area contributed by atoms with Gasteiger partial charge in [0.2, 0.25) is 0 Å². The first-order valence-corrected chi connectivity index (χ1v) is 11.1. The Labute approximate surface area is 190 Å². The van der Waals surface area contributed by atoms with E-state index >= 15 is 0 Å². The molecule has 4 heterocycles. The molecule has 3 aromatic rings. The third kappa shape index (κ3) is 3.13. The molecule has 0 spiro atoms. The van der Waals surface area contributed by atoms with Crippen LogP contribution in [0.2, 0.25) is 0 Å². The summed E-state index contributed by atoms with van der Waals surface area (Å²) in [4.78, 5) is 32.8. The largest absolute Gasteiger partial charge is 0.458 e. The quantitative estimate of drug-likeness (QED) is 0.359. The highest BCUT2D eigenvalue weighted by Crippen LogP contribution is 2.40. The lowest BCUT2D eigenvalue weighted by Gasteiger charge is -2.31. The lowest BCUT2D eigenvalue weighted by molar-refractivity contribution is -0.172. The van der Waals surface area contributed by atoms with E-state index in [1.54, 1.807) is 17.6 Å². The van der Waals surface area contributed by atoms with Crippen molar-refractivity contribution < 1.29 is 14.6 Å². The minimum Gasteiger partial charge on any atom is -0.458 e. The highest BCUT2D eigenvalue weighted by Gasteiger charge is 2.45. The molecule has 2 aliphatic heterocycles. The van der Waals surface area contributed by atoms with Crippen molar-refractivity contribution >= 4 is 23.1 Å². The summed E-state index contributed by atoms with van der Waals surface area (Å²) < 4.78 is 6.83. The number of nitrogens with zero attached hydrogens (tertiary/aromatic N) is 3. The van der Waals surface area contributed by atoms with Crippen LogP contribution >= 0.6 is 0 Å². The maximum Gasteiger partial charge on any atom is 0.343 e. The van der Waals surface area contributed by atoms with Gasteiger partial charge in [-0.3, -0.25) is 4.79 Å². The number of fused-ring (bicyclic) bond motifs is 5. The topological polar surface area (TPSA) is 109 Å². The lowest BCUT2D eigenvalue weighted by Crippen LogP contribution is -2.44. The molecule has 5 rings (SSSR count). The molecule has 8 nitrogen and oxygen atoms in total. The highest BCUT2D eigenvalue weighted by molar-refractivity contribution is 5.93. The fourth-order valence-corrected chi connectivity index (χ4v) is 4.89. The average Bonchev–Trinajstić information content (AvgIpc) is 3.17. The van der Waals surface area contributed by atoms with E-state index in [9.17, 15) is 14.7 Å². The van der Waals surface area contributed by atoms with Crippen LogP contribution in [0.25, 0.3) is 22.3 Å². The molecule has 0 saturated heterocycles. The Bertz CT molecular complexity index is 1390. The van der Waals surface area contributed by atoms with Crippen molar-refractivity contribution in [2.75, 3.05) is 20.6 Å². The van der Waals surface area contributed by atoms with Crippen molar-refractivity contribution in [2.45, 2.75) is 38.5 Å². The van der Waals surface area contributed by atoms with Gasteiger partial charge in [-0.25, -0.2) is 9.78 Å². The molecule has 2 aromatic heterocycles. The van der Waals surface area contributed by atoms with Gasteiger partial charge in [0.1, 0.15) is 6.61 Å². The Hall–Kier alpha value is -3.36. The van der Waals surface area contributed by atoms with Crippen LogP contribution in [0.15, 0.2) is 29.1 Å². The number of esters is 1. The molecule has 2 aliphatic rings. The van der Waals surface area contributed by atoms with Gasteiger partial charge in [-0.2, -0.15) is 0 Å². The number of benzene rings is 1. The smallest absolute Gasteiger partial charge is 0.343 e. The molecule has 0 saturated carbocycles. The van der Waals surface area contributed by atoms with E-state index in [0.29, 0.717) is 29.1 Å². The molecule has 0 radical (unpaired) electrons. The zero-order chi connectivity index (χ0) is 23.5. The fourth-order valence-electron chi connectivity index (χ4n) is 4.89. The van der Waals surface area contributed by atoms with E-state index in [2.05, 4.69) is 4.90 Å². The first-order valence-electron chi connectivity index (χ1n) is 11.1. The second-order valence-electron chi connectivity index (χ2n) is 8.99. The Morgan fingerprint density at radius 1 is 1.27 bits per heavy atom. The number of aromatic nitrogens is 2. The zero-order valence-electron chi connectivity index (χ0n) is 18.9. The molecule has 1 aromatic carbocycles. The zero-order valence-corrected chi connectivity index (χ0v) is 18.9. The number of aliphatic hydroxyl groups is 1. The van der Waals surface area contributed by atoms with Crippen LogP contribution < -0.4 is 5.56 Å². The van der Waals surface area contributed by atoms with Crippen molar-refractivity contribution in [3.63, 3.8) is 0 Å². The summed E-state index contributed by atoms with van der Waals surface area (Å²) in [5.41, 5.74) is 3.51. The summed E-state index contributed by atoms with van der Waals surface area (Å²) in [6.07, 6.45) is 2.19. The van der Waals surface area contributed by atoms with Crippen LogP contribution in [-0.2, 0) is 34.7 Å². The maximum absolute atomic E-state index is 13.5. The molecule has 8 heteroatoms. The molecule has 0 fully saturated rings. The molecule has 0 bridgehead atoms. The van der Waals surface area contributed by atoms with Crippen molar-refractivity contribution in [2.24, 2.45) is 0 Å². The SMILES string of the molecule is CCC1(O)C(=O)OCc2c1cc1n(c2=O)Cc2c-1nc1ccc(C=N)cc1c2CCN(C)C. The summed E-state index contributed by atoms with van der Waals surface area (Å²) in [5, 5.41) is 19.7. The van der Waals surface area contributed by atoms with Crippen LogP contribution in [0.1, 0.15) is 41.2 Å². The summed E-state index contributed by atoms with van der Waals surface area (Å²) >= 11 is 0. The fraction of sp³-hybridized carbons (Fsp3) is 0.360. The van der Waals surface area contributed by atoms with E-state index in [1.807, 2.05) is 32.3 Å². The van der Waals surface area contributed by atoms with Gasteiger partial charge in [0, 0.05) is 29.3 Å². The predicted octanol–water partition coefficient (Wildman–Crippen LogP) is 2.18. The van der Waals surface area contributed by atoms with E-state index < -0.39 is 11.6 Å². The van der Waals surface area contributed by atoms with Gasteiger partial charge in [0.15, 0.2) is 5.60 Å². The molecule has 0 aliphatic carbocycles. The second kappa shape index (κ2) is 7.60. The van der Waals surface area contributed by atoms with E-state index in [-0.39, 0.29) is 18.6 Å². The van der Waals surface area contributed by atoms with Gasteiger partial charge in [-0.05, 0) is 56.3 Å². The van der Waals surface area contributed by atoms with Gasteiger partial charge >= 0.3 is 5.97 Å². The molecule has 2 N–H and O–H groups in total. The number of cyclic esters (lactones) is 1. The van der Waals surface area contributed by atoms with Crippen molar-refractivity contribution in [3.05, 3.63) is 62.4 Å². The number of likely N-dealkylation sites (N-methyl/N-ethyl adjacent to an activating group) is 1. The highest BCUT2D eigenvalue weighted by atomic mass is 16.6. The van der Waals surface area contributed by atoms with Crippen molar-refractivity contribution in [1.82, 2.24) is 14.5 Å². The summed E-state index contributed by atoms with van der Waals surface area (Å²) in [6.45, 7) is 2.74. The number of pyridine rings is 2. The molecule has 0 amide bonds. The number of hydrogen-bond donors (Lipinski definition) is 2. The normalized spacial score (nSPS) is 18.8. The van der Waals surface area contributed by atoms with Crippen LogP contribution in [0.5, 0.6) is 0 Å². The van der Waals surface area contributed by atoms with Crippen molar-refractivity contribution in [3.8, 4) is 11.4 Å². The van der Waals surface area contributed by atoms with Gasteiger partial charge < -0.3 is 24.7 Å². The molecule has 1 unspecified atom stereocenters. The third-order valence-electron chi connectivity index (χ3n) is 6.81. The number of ether oxygens (including phenoxy) is 1. The van der Waals surface area contributed by atoms with Crippen LogP contribution in [0.4, 0.5) is 0 Å². The van der Waals surface area contributed by atoms with Crippen LogP contribution in [-0.4, -0.2) is 52.4 Å². The third-order valence-corrected chi connectivity index (χ3v) is 6.81.